The number of nitrogens with zero attached hydrogens (tertiary/aromatic N) is 8. The lowest BCUT2D eigenvalue weighted by atomic mass is 9.71. The van der Waals surface area contributed by atoms with E-state index in [1.54, 1.807) is 48.8 Å². The maximum Gasteiger partial charge on any atom is 0.335 e. The quantitative estimate of drug-likeness (QED) is 0.136. The highest BCUT2D eigenvalue weighted by atomic mass is 16.4. The number of fused-ring (bicyclic) bond motifs is 2. The smallest absolute Gasteiger partial charge is 0.335 e. The number of amides is 3. The molecule has 4 aliphatic heterocycles. The van der Waals surface area contributed by atoms with Crippen molar-refractivity contribution in [3.63, 3.8) is 0 Å². The maximum atomic E-state index is 12.6. The molecule has 0 spiro atoms. The highest BCUT2D eigenvalue weighted by Gasteiger charge is 2.60. The van der Waals surface area contributed by atoms with Gasteiger partial charge in [-0.15, -0.1) is 0 Å². The third-order valence-corrected chi connectivity index (χ3v) is 14.8. The largest absolute Gasteiger partial charge is 0.478 e. The molecule has 4 saturated heterocycles. The van der Waals surface area contributed by atoms with Gasteiger partial charge < -0.3 is 40.7 Å². The number of hydrogen-bond acceptors (Lipinski definition) is 12. The molecule has 0 unspecified atom stereocenters. The zero-order valence-corrected chi connectivity index (χ0v) is 37.4. The Bertz CT molecular complexity index is 2400. The van der Waals surface area contributed by atoms with Gasteiger partial charge in [-0.3, -0.25) is 14.4 Å². The molecule has 2 aromatic carbocycles. The lowest BCUT2D eigenvalue weighted by molar-refractivity contribution is -0.132. The minimum absolute atomic E-state index is 0.0305. The van der Waals surface area contributed by atoms with Gasteiger partial charge in [0.15, 0.2) is 0 Å². The van der Waals surface area contributed by atoms with Crippen molar-refractivity contribution < 1.29 is 24.3 Å². The van der Waals surface area contributed by atoms with Crippen molar-refractivity contribution in [2.45, 2.75) is 60.3 Å². The number of carboxylic acids is 1. The number of carboxylic acid groups (broad SMARTS) is 1. The summed E-state index contributed by atoms with van der Waals surface area (Å²) < 4.78 is 0. The van der Waals surface area contributed by atoms with Crippen molar-refractivity contribution >= 4 is 58.6 Å². The summed E-state index contributed by atoms with van der Waals surface area (Å²) in [5.41, 5.74) is 2.57. The number of benzene rings is 2. The fraction of sp³-hybridized carbons (Fsp3) is 0.500. The topological polar surface area (TPSA) is 189 Å². The molecule has 4 N–H and O–H groups in total. The molecule has 336 valence electrons. The molecule has 6 fully saturated rings. The number of aromatic nitrogens is 4. The summed E-state index contributed by atoms with van der Waals surface area (Å²) in [5, 5.41) is 18.2. The summed E-state index contributed by atoms with van der Waals surface area (Å²) >= 11 is 0. The minimum atomic E-state index is -0.955. The van der Waals surface area contributed by atoms with Gasteiger partial charge in [0.05, 0.1) is 5.56 Å². The highest BCUT2D eigenvalue weighted by molar-refractivity contribution is 5.94. The number of nitrogens with one attached hydrogen (secondary N) is 3. The van der Waals surface area contributed by atoms with Gasteiger partial charge in [-0.1, -0.05) is 27.7 Å². The number of likely N-dealkylation sites (tertiary alicyclic amines) is 2. The average Bonchev–Trinajstić information content (AvgIpc) is 4.20. The number of hydrogen-bond donors (Lipinski definition) is 4. The van der Waals surface area contributed by atoms with Crippen molar-refractivity contribution in [2.24, 2.45) is 33.5 Å². The Morgan fingerprint density at radius 1 is 0.578 bits per heavy atom. The Morgan fingerprint density at radius 3 is 1.30 bits per heavy atom. The second-order valence-corrected chi connectivity index (χ2v) is 19.9. The van der Waals surface area contributed by atoms with Crippen molar-refractivity contribution in [3.05, 3.63) is 84.2 Å². The normalized spacial score (nSPS) is 26.8. The van der Waals surface area contributed by atoms with Crippen LogP contribution in [-0.2, 0) is 9.59 Å². The number of carbonyl (C=O) groups excluding carboxylic acids is 3. The first kappa shape index (κ1) is 43.0. The molecule has 2 aliphatic carbocycles. The molecule has 16 heteroatoms. The van der Waals surface area contributed by atoms with E-state index >= 15 is 0 Å². The standard InChI is InChI=1S/C25H32N6O2.C23H27N5O3/c1-4-26-21(32)17-7-9-19(10-8-17)28-23-27-12-11-20(29-23)30-13-24(2)15-31(16-25(24,3)14-30)22(33)18-5-6-18;1-22-11-27(12-23(22,2)14-28(13-22)19(29)15-3-4-15)18-9-10-24-21(26-18)25-17-7-5-16(6-8-17)20(30)31/h7-12,18H,4-6,13-16H2,1-3H3,(H,26,32)(H,27,28,29);5-10,15H,3-4,11-14H2,1-2H3,(H,30,31)(H,24,25,26)/t24-,25+;22-,23+. The Hall–Kier alpha value is -6.32. The third kappa shape index (κ3) is 8.41. The lowest BCUT2D eigenvalue weighted by Crippen LogP contribution is -2.36. The van der Waals surface area contributed by atoms with E-state index in [4.69, 9.17) is 15.1 Å². The highest BCUT2D eigenvalue weighted by Crippen LogP contribution is 2.54. The number of carbonyl (C=O) groups is 4. The van der Waals surface area contributed by atoms with Crippen LogP contribution in [0.25, 0.3) is 0 Å². The second kappa shape index (κ2) is 16.3. The molecule has 6 aliphatic rings. The van der Waals surface area contributed by atoms with E-state index in [1.165, 1.54) is 0 Å². The first-order valence-corrected chi connectivity index (χ1v) is 22.6. The van der Waals surface area contributed by atoms with E-state index in [0.717, 1.165) is 101 Å². The van der Waals surface area contributed by atoms with E-state index in [0.29, 0.717) is 35.8 Å². The first-order chi connectivity index (χ1) is 30.6. The summed E-state index contributed by atoms with van der Waals surface area (Å²) in [6.07, 6.45) is 7.71. The summed E-state index contributed by atoms with van der Waals surface area (Å²) in [5.74, 6) is 2.94. The van der Waals surface area contributed by atoms with Gasteiger partial charge in [0.1, 0.15) is 11.6 Å². The van der Waals surface area contributed by atoms with Gasteiger partial charge in [0, 0.05) is 122 Å². The second-order valence-electron chi connectivity index (χ2n) is 19.9. The molecule has 4 atom stereocenters. The van der Waals surface area contributed by atoms with E-state index in [9.17, 15) is 19.2 Å². The van der Waals surface area contributed by atoms with Crippen LogP contribution in [0.15, 0.2) is 73.1 Å². The molecule has 2 saturated carbocycles. The Labute approximate surface area is 374 Å². The summed E-state index contributed by atoms with van der Waals surface area (Å²) in [6.45, 7) is 18.4. The zero-order valence-electron chi connectivity index (χ0n) is 37.4. The Morgan fingerprint density at radius 2 is 0.953 bits per heavy atom. The Balaban J connectivity index is 0.000000162. The summed E-state index contributed by atoms with van der Waals surface area (Å²) in [6, 6.07) is 17.6. The van der Waals surface area contributed by atoms with Crippen LogP contribution >= 0.6 is 0 Å². The number of rotatable bonds is 11. The predicted molar refractivity (Wildman–Crippen MR) is 244 cm³/mol. The van der Waals surface area contributed by atoms with Gasteiger partial charge in [0.2, 0.25) is 23.7 Å². The molecule has 64 heavy (non-hydrogen) atoms. The van der Waals surface area contributed by atoms with Gasteiger partial charge in [-0.25, -0.2) is 14.8 Å². The fourth-order valence-corrected chi connectivity index (χ4v) is 10.2. The number of anilines is 6. The average molecular weight is 870 g/mol. The number of aromatic carboxylic acids is 1. The van der Waals surface area contributed by atoms with Crippen LogP contribution in [-0.4, -0.2) is 117 Å². The van der Waals surface area contributed by atoms with Crippen LogP contribution < -0.4 is 25.8 Å². The summed E-state index contributed by atoms with van der Waals surface area (Å²) in [7, 11) is 0. The third-order valence-electron chi connectivity index (χ3n) is 14.8. The van der Waals surface area contributed by atoms with Gasteiger partial charge in [0.25, 0.3) is 5.91 Å². The van der Waals surface area contributed by atoms with Gasteiger partial charge in [-0.05, 0) is 93.3 Å². The first-order valence-electron chi connectivity index (χ1n) is 22.6. The zero-order chi connectivity index (χ0) is 45.0. The summed E-state index contributed by atoms with van der Waals surface area (Å²) in [4.78, 5) is 75.2. The molecule has 10 rings (SSSR count). The van der Waals surface area contributed by atoms with Crippen molar-refractivity contribution in [3.8, 4) is 0 Å². The van der Waals surface area contributed by atoms with Crippen LogP contribution in [0.3, 0.4) is 0 Å². The molecule has 3 amide bonds. The van der Waals surface area contributed by atoms with E-state index in [-0.39, 0.29) is 45.0 Å². The van der Waals surface area contributed by atoms with Gasteiger partial charge >= 0.3 is 5.97 Å². The van der Waals surface area contributed by atoms with Crippen molar-refractivity contribution in [2.75, 3.05) is 79.3 Å². The van der Waals surface area contributed by atoms with Crippen LogP contribution in [0.4, 0.5) is 34.9 Å². The minimum Gasteiger partial charge on any atom is -0.478 e. The molecule has 2 aromatic heterocycles. The van der Waals surface area contributed by atoms with E-state index in [2.05, 4.69) is 73.2 Å². The maximum absolute atomic E-state index is 12.6. The molecular weight excluding hydrogens is 811 g/mol. The monoisotopic (exact) mass is 869 g/mol. The molecular formula is C48H59N11O5. The molecule has 4 aromatic rings. The lowest BCUT2D eigenvalue weighted by Gasteiger charge is -2.29. The van der Waals surface area contributed by atoms with Crippen LogP contribution in [0, 0.1) is 33.5 Å². The van der Waals surface area contributed by atoms with E-state index < -0.39 is 5.97 Å². The molecule has 0 bridgehead atoms. The SMILES string of the molecule is CCNC(=O)c1ccc(Nc2nccc(N3C[C@]4(C)CN(C(=O)C5CC5)C[C@]4(C)C3)n2)cc1.C[C@@]12CN(C(=O)C3CC3)C[C@]1(C)CN(c1ccnc(Nc3ccc(C(=O)O)cc3)n1)C2. The predicted octanol–water partition coefficient (Wildman–Crippen LogP) is 6.06. The Kier molecular flexibility index (Phi) is 11.0. The van der Waals surface area contributed by atoms with Crippen molar-refractivity contribution in [1.82, 2.24) is 35.1 Å². The van der Waals surface area contributed by atoms with Crippen LogP contribution in [0.2, 0.25) is 0 Å². The van der Waals surface area contributed by atoms with Crippen LogP contribution in [0.5, 0.6) is 0 Å². The van der Waals surface area contributed by atoms with Gasteiger partial charge in [-0.2, -0.15) is 9.97 Å². The van der Waals surface area contributed by atoms with Crippen molar-refractivity contribution in [1.29, 1.82) is 0 Å². The van der Waals surface area contributed by atoms with Crippen LogP contribution in [0.1, 0.15) is 81.0 Å². The molecule has 6 heterocycles. The molecule has 16 nitrogen and oxygen atoms in total. The van der Waals surface area contributed by atoms with E-state index in [1.807, 2.05) is 31.2 Å². The fourth-order valence-electron chi connectivity index (χ4n) is 10.2. The molecule has 0 radical (unpaired) electrons.